The number of halogens is 20. The van der Waals surface area contributed by atoms with E-state index in [9.17, 15) is 70.7 Å². The van der Waals surface area contributed by atoms with E-state index in [1.54, 1.807) is 140 Å². The standard InChI is InChI=1S/C19H23F3N4.C13H9F3N4.C10H8F2N2.C10H7F2N.C7H3Br2F3.C6H5BF2O2.C4H4BrN.C4H9NO.C3H7I.C3H4N2.CH3I.CH4/c1-14(2)23-5-7-25(12-23)17-9-16(19(20,21)22)10-18(11-17)26-8-6-24(13-26)15(3)4;14-13(15,16)10-5-11(19-3-1-17-8-19)7-12(6-10)20-4-2-18-9-20;1-14-5-10(13-6-14)8-3-2-7(11)4-9(8)12;11-7-3-4-8(9(12)6-7)10-2-1-5-13-10;8-5-1-4(7(10,11)12)2-6(9)3-5;8-4-1-2-5(7(10)11)6(9)3-4;5-4-1-2-6-3-4;1-4(6)5(2)3;1-3(2)4;1-2-5-3-4-1;1-2;/h5-15H,1-4H3;1-9H;2-6H,1H3;2-6H,1H2;1-3H;1-3,10-11H;2-3H,1H2;1-3H3;3H,1-2H3;1-3H,(H,4,5);1H3;1H4/q+2;;;;;;;;;;;. The predicted octanol–water partition coefficient (Wildman–Crippen LogP) is 21.8. The van der Waals surface area contributed by atoms with Crippen LogP contribution in [0.15, 0.2) is 251 Å². The number of aromatic nitrogens is 12. The zero-order valence-electron chi connectivity index (χ0n) is 65.4. The van der Waals surface area contributed by atoms with Crippen molar-refractivity contribution in [1.29, 1.82) is 0 Å². The average molecular weight is 2110 g/mol. The quantitative estimate of drug-likeness (QED) is 0.0422. The molecule has 0 aliphatic carbocycles. The van der Waals surface area contributed by atoms with E-state index in [2.05, 4.69) is 142 Å². The molecule has 2 aliphatic heterocycles. The van der Waals surface area contributed by atoms with Crippen LogP contribution in [0.5, 0.6) is 0 Å². The van der Waals surface area contributed by atoms with Gasteiger partial charge in [0.1, 0.15) is 71.1 Å². The number of amides is 1. The number of H-pyrrole nitrogens is 1. The molecule has 14 rings (SSSR count). The van der Waals surface area contributed by atoms with Crippen LogP contribution in [0.2, 0.25) is 0 Å². The monoisotopic (exact) mass is 2100 g/mol. The Balaban J connectivity index is 0.000000359. The van der Waals surface area contributed by atoms with Gasteiger partial charge in [-0.05, 0) is 111 Å². The van der Waals surface area contributed by atoms with Gasteiger partial charge in [-0.25, -0.2) is 64.5 Å². The minimum atomic E-state index is -4.41. The summed E-state index contributed by atoms with van der Waals surface area (Å²) in [5, 5.41) is 17.0. The first-order chi connectivity index (χ1) is 55.9. The molecular formula is C81H86BBr3F15I2N15O3+2. The number of alkyl halides is 11. The number of nitrogens with one attached hydrogen (secondary N) is 1. The fourth-order valence-corrected chi connectivity index (χ4v) is 10.6. The number of nitrogens with zero attached hydrogens (tertiary/aromatic N) is 14. The van der Waals surface area contributed by atoms with Crippen LogP contribution in [-0.2, 0) is 30.4 Å². The van der Waals surface area contributed by atoms with E-state index in [4.69, 9.17) is 10.0 Å². The number of hydrogen-bond acceptors (Lipinski definition) is 9. The van der Waals surface area contributed by atoms with E-state index in [0.29, 0.717) is 66.7 Å². The summed E-state index contributed by atoms with van der Waals surface area (Å²) in [7, 11) is 3.35. The number of imidazole rings is 6. The maximum absolute atomic E-state index is 13.4. The third kappa shape index (κ3) is 37.4. The van der Waals surface area contributed by atoms with Gasteiger partial charge in [0, 0.05) is 172 Å². The van der Waals surface area contributed by atoms with Crippen LogP contribution in [-0.4, -0.2) is 111 Å². The number of carbonyl (C=O) groups is 1. The van der Waals surface area contributed by atoms with Crippen molar-refractivity contribution >= 4 is 130 Å². The van der Waals surface area contributed by atoms with Crippen LogP contribution < -0.4 is 14.6 Å². The first kappa shape index (κ1) is 105. The van der Waals surface area contributed by atoms with Gasteiger partial charge in [-0.2, -0.15) is 39.5 Å². The van der Waals surface area contributed by atoms with Gasteiger partial charge in [-0.1, -0.05) is 126 Å². The van der Waals surface area contributed by atoms with E-state index in [1.807, 2.05) is 60.4 Å². The SMILES string of the molecule is BrC1=CN=CC1.C.CC(=O)N(C)C.CC(C)I.CC(C)[n+]1ccn(-c2cc(-n3cc[n+](C(C)C)c3)cc(C(F)(F)F)c2)c1.CI.Cn1cnc(-c2ccc(F)cc2F)c1.FC(F)(F)c1cc(-n2ccnc2)cc(-n2ccnc2)c1.FC(F)(F)c1cc(Br)cc(Br)c1.Fc1ccc(C2=CCC=N2)c(F)c1.OB(O)c1ccc(F)cc1F.c1c[nH]cn1. The lowest BCUT2D eigenvalue weighted by atomic mass is 9.80. The van der Waals surface area contributed by atoms with Crippen LogP contribution in [0, 0.1) is 34.9 Å². The molecule has 1 amide bonds. The Labute approximate surface area is 737 Å². The summed E-state index contributed by atoms with van der Waals surface area (Å²) in [5.41, 5.74) is 1.10. The van der Waals surface area contributed by atoms with E-state index in [0.717, 1.165) is 58.9 Å². The van der Waals surface area contributed by atoms with Gasteiger partial charge in [-0.3, -0.25) is 14.8 Å². The van der Waals surface area contributed by atoms with Crippen molar-refractivity contribution in [2.75, 3.05) is 19.0 Å². The van der Waals surface area contributed by atoms with E-state index >= 15 is 0 Å². The topological polar surface area (TPSA) is 185 Å². The first-order valence-corrected chi connectivity index (χ1v) is 40.7. The molecule has 6 aromatic carbocycles. The molecule has 6 aromatic heterocycles. The van der Waals surface area contributed by atoms with E-state index < -0.39 is 77.2 Å². The van der Waals surface area contributed by atoms with Gasteiger partial charge in [0.15, 0.2) is 0 Å². The van der Waals surface area contributed by atoms with E-state index in [-0.39, 0.29) is 30.9 Å². The zero-order valence-corrected chi connectivity index (χ0v) is 74.4. The van der Waals surface area contributed by atoms with Gasteiger partial charge in [-0.15, -0.1) is 0 Å². The van der Waals surface area contributed by atoms with Crippen LogP contribution in [0.3, 0.4) is 0 Å². The number of benzene rings is 6. The molecule has 2 aliphatic rings. The molecule has 644 valence electrons. The van der Waals surface area contributed by atoms with Crippen molar-refractivity contribution < 1.29 is 89.8 Å². The summed E-state index contributed by atoms with van der Waals surface area (Å²) in [6.45, 7) is 13.9. The fourth-order valence-electron chi connectivity index (χ4n) is 9.06. The van der Waals surface area contributed by atoms with Crippen molar-refractivity contribution in [3.8, 4) is 34.0 Å². The van der Waals surface area contributed by atoms with Gasteiger partial charge >= 0.3 is 25.6 Å². The number of allylic oxidation sites excluding steroid dienone is 2. The minimum absolute atomic E-state index is 0. The van der Waals surface area contributed by atoms with Gasteiger partial charge in [0.05, 0.1) is 65.5 Å². The molecule has 0 fully saturated rings. The van der Waals surface area contributed by atoms with Gasteiger partial charge in [0.2, 0.25) is 18.6 Å². The molecule has 0 saturated carbocycles. The Morgan fingerprint density at radius 3 is 1.29 bits per heavy atom. The van der Waals surface area contributed by atoms with Gasteiger partial charge in [0.25, 0.3) is 0 Å². The number of aliphatic imine (C=N–C) groups is 2. The third-order valence-electron chi connectivity index (χ3n) is 15.0. The summed E-state index contributed by atoms with van der Waals surface area (Å²) in [4.78, 5) is 39.5. The summed E-state index contributed by atoms with van der Waals surface area (Å²) >= 11 is 13.7. The number of hydrogen-bond donors (Lipinski definition) is 3. The van der Waals surface area contributed by atoms with Crippen molar-refractivity contribution in [3.05, 3.63) is 298 Å². The lowest BCUT2D eigenvalue weighted by Gasteiger charge is -2.13. The molecule has 8 heterocycles. The summed E-state index contributed by atoms with van der Waals surface area (Å²) < 4.78 is 207. The maximum Gasteiger partial charge on any atom is 0.491 e. The van der Waals surface area contributed by atoms with Crippen molar-refractivity contribution in [3.63, 3.8) is 0 Å². The smallest absolute Gasteiger partial charge is 0.423 e. The Morgan fingerprint density at radius 1 is 0.575 bits per heavy atom. The van der Waals surface area contributed by atoms with Crippen molar-refractivity contribution in [1.82, 2.24) is 52.7 Å². The van der Waals surface area contributed by atoms with E-state index in [1.165, 1.54) is 86.9 Å². The fraction of sp³-hybridized carbons (Fsp3) is 0.247. The second kappa shape index (κ2) is 51.5. The lowest BCUT2D eigenvalue weighted by Crippen LogP contribution is -2.33. The van der Waals surface area contributed by atoms with Crippen LogP contribution in [0.25, 0.3) is 39.7 Å². The summed E-state index contributed by atoms with van der Waals surface area (Å²) in [6.07, 6.45) is 24.0. The molecule has 3 N–H and O–H groups in total. The number of rotatable bonds is 9. The summed E-state index contributed by atoms with van der Waals surface area (Å²) in [6, 6.07) is 21.5. The molecule has 0 radical (unpaired) electrons. The normalized spacial score (nSPS) is 11.5. The van der Waals surface area contributed by atoms with Crippen molar-refractivity contribution in [2.24, 2.45) is 17.0 Å². The molecular weight excluding hydrogens is 2020 g/mol. The second-order valence-electron chi connectivity index (χ2n) is 25.4. The Bertz CT molecular complexity index is 5030. The molecule has 0 atom stereocenters. The largest absolute Gasteiger partial charge is 0.491 e. The number of aromatic amines is 1. The van der Waals surface area contributed by atoms with Crippen LogP contribution in [0.4, 0.5) is 65.9 Å². The first-order valence-electron chi connectivity index (χ1n) is 34.9. The zero-order chi connectivity index (χ0) is 89.1. The molecule has 120 heavy (non-hydrogen) atoms. The van der Waals surface area contributed by atoms with Crippen LogP contribution >= 0.6 is 93.0 Å². The molecule has 0 saturated heterocycles. The highest BCUT2D eigenvalue weighted by molar-refractivity contribution is 14.1. The highest BCUT2D eigenvalue weighted by Gasteiger charge is 2.34. The van der Waals surface area contributed by atoms with Gasteiger partial charge < -0.3 is 33.6 Å². The Kier molecular flexibility index (Phi) is 45.0. The highest BCUT2D eigenvalue weighted by Crippen LogP contribution is 2.36. The molecule has 18 nitrogen and oxygen atoms in total. The lowest BCUT2D eigenvalue weighted by molar-refractivity contribution is -0.715. The highest BCUT2D eigenvalue weighted by atomic mass is 127. The Hall–Kier alpha value is -9.30. The van der Waals surface area contributed by atoms with Crippen LogP contribution in [0.1, 0.15) is 103 Å². The molecule has 39 heteroatoms. The second-order valence-corrected chi connectivity index (χ2v) is 30.8. The Morgan fingerprint density at radius 2 is 1.00 bits per heavy atom. The molecule has 0 unspecified atom stereocenters. The molecule has 12 aromatic rings. The minimum Gasteiger partial charge on any atom is -0.423 e. The average Bonchev–Trinajstić information content (AvgIpc) is 1.49. The van der Waals surface area contributed by atoms with Crippen molar-refractivity contribution in [2.45, 2.75) is 103 Å². The molecule has 0 bridgehead atoms. The predicted molar refractivity (Wildman–Crippen MR) is 465 cm³/mol. The molecule has 0 spiro atoms. The summed E-state index contributed by atoms with van der Waals surface area (Å²) in [5.74, 6) is -3.91. The number of carbonyl (C=O) groups excluding carboxylic acids is 1. The maximum atomic E-state index is 13.4. The number of aryl methyl sites for hydroxylation is 1. The third-order valence-corrected chi connectivity index (χ3v) is 16.5.